The van der Waals surface area contributed by atoms with E-state index in [0.29, 0.717) is 22.5 Å². The van der Waals surface area contributed by atoms with Crippen LogP contribution < -0.4 is 10.6 Å². The van der Waals surface area contributed by atoms with E-state index in [1.165, 1.54) is 38.5 Å². The molecule has 1 aromatic heterocycles. The highest BCUT2D eigenvalue weighted by atomic mass is 35.5. The Morgan fingerprint density at radius 3 is 2.34 bits per heavy atom. The van der Waals surface area contributed by atoms with Crippen molar-refractivity contribution in [1.29, 1.82) is 0 Å². The largest absolute Gasteiger partial charge is 0.389 e. The maximum atomic E-state index is 12.9. The summed E-state index contributed by atoms with van der Waals surface area (Å²) in [5.41, 5.74) is 1.03. The number of hydrogen-bond donors (Lipinski definition) is 3. The third kappa shape index (κ3) is 6.96. The van der Waals surface area contributed by atoms with Gasteiger partial charge in [0.15, 0.2) is 0 Å². The predicted octanol–water partition coefficient (Wildman–Crippen LogP) is 4.82. The van der Waals surface area contributed by atoms with E-state index in [2.05, 4.69) is 15.6 Å². The van der Waals surface area contributed by atoms with Crippen LogP contribution in [0.1, 0.15) is 74.8 Å². The van der Waals surface area contributed by atoms with Crippen molar-refractivity contribution in [2.24, 2.45) is 23.2 Å². The van der Waals surface area contributed by atoms with Gasteiger partial charge in [-0.05, 0) is 101 Å². The minimum absolute atomic E-state index is 0. The van der Waals surface area contributed by atoms with Gasteiger partial charge in [-0.25, -0.2) is 0 Å². The Labute approximate surface area is 209 Å². The molecule has 8 heteroatoms. The van der Waals surface area contributed by atoms with Crippen LogP contribution in [-0.4, -0.2) is 41.2 Å². The number of rotatable bonds is 9. The smallest absolute Gasteiger partial charge is 0.252 e. The summed E-state index contributed by atoms with van der Waals surface area (Å²) in [7, 11) is 0. The SMILES string of the molecule is CC(C)(O)CNCCCc1cc(C(=O)NCC23CC4CC(CC(C4)C2)C3)c(Cl)cn1.Cl.Cl. The van der Waals surface area contributed by atoms with Crippen molar-refractivity contribution in [3.05, 3.63) is 28.5 Å². The molecule has 4 fully saturated rings. The Morgan fingerprint density at radius 1 is 1.19 bits per heavy atom. The van der Waals surface area contributed by atoms with E-state index in [4.69, 9.17) is 11.6 Å². The average Bonchev–Trinajstić information content (AvgIpc) is 2.65. The van der Waals surface area contributed by atoms with Gasteiger partial charge in [-0.15, -0.1) is 24.8 Å². The van der Waals surface area contributed by atoms with Gasteiger partial charge in [0.1, 0.15) is 0 Å². The molecule has 5 nitrogen and oxygen atoms in total. The van der Waals surface area contributed by atoms with Crippen LogP contribution >= 0.6 is 36.4 Å². The van der Waals surface area contributed by atoms with Crippen molar-refractivity contribution < 1.29 is 9.90 Å². The fourth-order valence-corrected chi connectivity index (χ4v) is 6.64. The fourth-order valence-electron chi connectivity index (χ4n) is 6.45. The second kappa shape index (κ2) is 11.2. The monoisotopic (exact) mass is 505 g/mol. The molecule has 182 valence electrons. The van der Waals surface area contributed by atoms with Gasteiger partial charge in [-0.3, -0.25) is 9.78 Å². The van der Waals surface area contributed by atoms with Gasteiger partial charge in [-0.1, -0.05) is 11.6 Å². The van der Waals surface area contributed by atoms with Crippen LogP contribution in [0.15, 0.2) is 12.3 Å². The van der Waals surface area contributed by atoms with Gasteiger partial charge in [0.25, 0.3) is 5.91 Å². The zero-order valence-electron chi connectivity index (χ0n) is 19.2. The number of carbonyl (C=O) groups excluding carboxylic acids is 1. The third-order valence-corrected chi connectivity index (χ3v) is 7.59. The van der Waals surface area contributed by atoms with Crippen LogP contribution in [0.25, 0.3) is 0 Å². The molecule has 5 rings (SSSR count). The minimum atomic E-state index is -0.708. The summed E-state index contributed by atoms with van der Waals surface area (Å²) in [6.45, 7) is 5.70. The summed E-state index contributed by atoms with van der Waals surface area (Å²) in [5, 5.41) is 16.6. The fraction of sp³-hybridized carbons (Fsp3) is 0.750. The summed E-state index contributed by atoms with van der Waals surface area (Å²) in [5.74, 6) is 2.58. The lowest BCUT2D eigenvalue weighted by molar-refractivity contribution is -0.0503. The molecular formula is C24H38Cl3N3O2. The van der Waals surface area contributed by atoms with Crippen molar-refractivity contribution in [3.8, 4) is 0 Å². The number of carbonyl (C=O) groups is 1. The number of aromatic nitrogens is 1. The third-order valence-electron chi connectivity index (χ3n) is 7.29. The molecule has 0 spiro atoms. The summed E-state index contributed by atoms with van der Waals surface area (Å²) >= 11 is 6.32. The molecule has 0 radical (unpaired) electrons. The maximum absolute atomic E-state index is 12.9. The zero-order chi connectivity index (χ0) is 21.4. The molecule has 4 saturated carbocycles. The average molecular weight is 507 g/mol. The molecule has 0 aromatic carbocycles. The summed E-state index contributed by atoms with van der Waals surface area (Å²) in [6, 6.07) is 1.84. The molecule has 32 heavy (non-hydrogen) atoms. The number of nitrogens with zero attached hydrogens (tertiary/aromatic N) is 1. The first-order chi connectivity index (χ1) is 14.2. The van der Waals surface area contributed by atoms with Crippen molar-refractivity contribution in [1.82, 2.24) is 15.6 Å². The first kappa shape index (κ1) is 27.7. The molecule has 0 aliphatic heterocycles. The Balaban J connectivity index is 0.00000181. The number of hydrogen-bond acceptors (Lipinski definition) is 4. The van der Waals surface area contributed by atoms with Gasteiger partial charge in [0.05, 0.1) is 16.2 Å². The van der Waals surface area contributed by atoms with E-state index in [1.54, 1.807) is 20.0 Å². The highest BCUT2D eigenvalue weighted by Gasteiger charge is 2.50. The Kier molecular flexibility index (Phi) is 9.70. The van der Waals surface area contributed by atoms with E-state index in [9.17, 15) is 9.90 Å². The van der Waals surface area contributed by atoms with Crippen LogP contribution in [0.4, 0.5) is 0 Å². The highest BCUT2D eigenvalue weighted by Crippen LogP contribution is 2.59. The maximum Gasteiger partial charge on any atom is 0.252 e. The number of pyridine rings is 1. The van der Waals surface area contributed by atoms with Crippen molar-refractivity contribution in [2.75, 3.05) is 19.6 Å². The molecule has 0 saturated heterocycles. The zero-order valence-corrected chi connectivity index (χ0v) is 21.6. The lowest BCUT2D eigenvalue weighted by Gasteiger charge is -2.56. The standard InChI is InChI=1S/C24H36ClN3O2.2ClH/c1-23(2,30)14-26-5-3-4-19-9-20(21(25)13-27-19)22(29)28-15-24-10-16-6-17(11-24)8-18(7-16)12-24;;/h9,13,16-18,26,30H,3-8,10-12,14-15H2,1-2H3,(H,28,29);2*1H. The second-order valence-electron chi connectivity index (χ2n) is 10.8. The summed E-state index contributed by atoms with van der Waals surface area (Å²) < 4.78 is 0. The van der Waals surface area contributed by atoms with Crippen LogP contribution in [-0.2, 0) is 6.42 Å². The molecule has 0 atom stereocenters. The topological polar surface area (TPSA) is 74.2 Å². The second-order valence-corrected chi connectivity index (χ2v) is 11.3. The molecule has 3 N–H and O–H groups in total. The van der Waals surface area contributed by atoms with Crippen molar-refractivity contribution >= 4 is 42.3 Å². The lowest BCUT2D eigenvalue weighted by atomic mass is 9.49. The van der Waals surface area contributed by atoms with Gasteiger partial charge in [0, 0.05) is 25.0 Å². The molecule has 4 aliphatic carbocycles. The molecule has 1 heterocycles. The first-order valence-corrected chi connectivity index (χ1v) is 11.9. The number of amides is 1. The highest BCUT2D eigenvalue weighted by molar-refractivity contribution is 6.33. The quantitative estimate of drug-likeness (QED) is 0.420. The minimum Gasteiger partial charge on any atom is -0.389 e. The Hall–Kier alpha value is -0.590. The first-order valence-electron chi connectivity index (χ1n) is 11.6. The molecule has 1 amide bonds. The van der Waals surface area contributed by atoms with Crippen LogP contribution in [0.3, 0.4) is 0 Å². The molecule has 4 bridgehead atoms. The van der Waals surface area contributed by atoms with E-state index >= 15 is 0 Å². The van der Waals surface area contributed by atoms with E-state index < -0.39 is 5.60 Å². The van der Waals surface area contributed by atoms with Crippen molar-refractivity contribution in [3.63, 3.8) is 0 Å². The summed E-state index contributed by atoms with van der Waals surface area (Å²) in [4.78, 5) is 17.3. The van der Waals surface area contributed by atoms with Gasteiger partial charge in [0.2, 0.25) is 0 Å². The molecule has 4 aliphatic rings. The predicted molar refractivity (Wildman–Crippen MR) is 134 cm³/mol. The Bertz CT molecular complexity index is 747. The number of aliphatic hydroxyl groups is 1. The van der Waals surface area contributed by atoms with Crippen LogP contribution in [0.5, 0.6) is 0 Å². The molecular weight excluding hydrogens is 469 g/mol. The van der Waals surface area contributed by atoms with Gasteiger partial charge >= 0.3 is 0 Å². The Morgan fingerprint density at radius 2 is 1.78 bits per heavy atom. The van der Waals surface area contributed by atoms with Crippen LogP contribution in [0, 0.1) is 23.2 Å². The number of nitrogens with one attached hydrogen (secondary N) is 2. The number of aryl methyl sites for hydroxylation is 1. The van der Waals surface area contributed by atoms with E-state index in [1.807, 2.05) is 6.07 Å². The van der Waals surface area contributed by atoms with Crippen LogP contribution in [0.2, 0.25) is 5.02 Å². The molecule has 1 aromatic rings. The number of halogens is 3. The van der Waals surface area contributed by atoms with Gasteiger partial charge in [-0.2, -0.15) is 0 Å². The van der Waals surface area contributed by atoms with E-state index in [0.717, 1.165) is 49.4 Å². The van der Waals surface area contributed by atoms with E-state index in [-0.39, 0.29) is 30.7 Å². The lowest BCUT2D eigenvalue weighted by Crippen LogP contribution is -2.51. The van der Waals surface area contributed by atoms with Crippen molar-refractivity contribution in [2.45, 2.75) is 70.8 Å². The molecule has 0 unspecified atom stereocenters. The summed E-state index contributed by atoms with van der Waals surface area (Å²) in [6.07, 6.45) is 11.3. The normalized spacial score (nSPS) is 28.1. The van der Waals surface area contributed by atoms with Gasteiger partial charge < -0.3 is 15.7 Å².